The van der Waals surface area contributed by atoms with Crippen LogP contribution in [0.2, 0.25) is 0 Å². The van der Waals surface area contributed by atoms with Crippen molar-refractivity contribution in [1.82, 2.24) is 4.98 Å². The second-order valence-corrected chi connectivity index (χ2v) is 4.59. The van der Waals surface area contributed by atoms with Crippen LogP contribution in [-0.2, 0) is 6.42 Å². The van der Waals surface area contributed by atoms with E-state index >= 15 is 0 Å². The summed E-state index contributed by atoms with van der Waals surface area (Å²) in [7, 11) is 0. The van der Waals surface area contributed by atoms with Crippen LogP contribution in [0.1, 0.15) is 29.3 Å². The average molecular weight is 241 g/mol. The molecule has 0 saturated heterocycles. The van der Waals surface area contributed by atoms with Crippen LogP contribution in [0.25, 0.3) is 0 Å². The van der Waals surface area contributed by atoms with E-state index in [2.05, 4.69) is 42.9 Å². The Morgan fingerprint density at radius 3 is 2.22 bits per heavy atom. The van der Waals surface area contributed by atoms with Gasteiger partial charge in [0, 0.05) is 5.69 Å². The molecule has 0 aliphatic rings. The number of benzene rings is 1. The van der Waals surface area contributed by atoms with Gasteiger partial charge < -0.3 is 4.98 Å². The van der Waals surface area contributed by atoms with Gasteiger partial charge in [-0.3, -0.25) is 0 Å². The number of aromatic amines is 1. The predicted octanol–water partition coefficient (Wildman–Crippen LogP) is 4.92. The quantitative estimate of drug-likeness (QED) is 0.741. The van der Waals surface area contributed by atoms with Crippen LogP contribution in [-0.4, -0.2) is 4.98 Å². The fourth-order valence-corrected chi connectivity index (χ4v) is 2.12. The average Bonchev–Trinajstić information content (AvgIpc) is 2.63. The lowest BCUT2D eigenvalue weighted by Crippen LogP contribution is -1.82. The number of azo groups is 1. The van der Waals surface area contributed by atoms with E-state index in [9.17, 15) is 0 Å². The maximum Gasteiger partial charge on any atom is 0.156 e. The molecule has 0 amide bonds. The number of H-pyrrole nitrogens is 1. The molecular formula is C15H19N3. The summed E-state index contributed by atoms with van der Waals surface area (Å²) in [4.78, 5) is 3.29. The van der Waals surface area contributed by atoms with Crippen molar-refractivity contribution >= 4 is 11.5 Å². The van der Waals surface area contributed by atoms with Gasteiger partial charge in [-0.25, -0.2) is 0 Å². The van der Waals surface area contributed by atoms with E-state index in [4.69, 9.17) is 0 Å². The second kappa shape index (κ2) is 5.17. The predicted molar refractivity (Wildman–Crippen MR) is 75.0 cm³/mol. The van der Waals surface area contributed by atoms with Gasteiger partial charge in [0.25, 0.3) is 0 Å². The van der Waals surface area contributed by atoms with Gasteiger partial charge >= 0.3 is 0 Å². The van der Waals surface area contributed by atoms with Crippen molar-refractivity contribution in [2.75, 3.05) is 0 Å². The number of hydrogen-bond acceptors (Lipinski definition) is 2. The van der Waals surface area contributed by atoms with E-state index in [1.54, 1.807) is 0 Å². The molecule has 1 aromatic heterocycles. The topological polar surface area (TPSA) is 40.5 Å². The van der Waals surface area contributed by atoms with Gasteiger partial charge in [0.1, 0.15) is 0 Å². The van der Waals surface area contributed by atoms with Crippen LogP contribution in [0, 0.1) is 20.8 Å². The molecule has 2 aromatic rings. The summed E-state index contributed by atoms with van der Waals surface area (Å²) in [5.41, 5.74) is 5.84. The Kier molecular flexibility index (Phi) is 3.60. The zero-order valence-corrected chi connectivity index (χ0v) is 11.4. The molecule has 0 unspecified atom stereocenters. The first-order valence-electron chi connectivity index (χ1n) is 6.28. The third-order valence-electron chi connectivity index (χ3n) is 3.22. The van der Waals surface area contributed by atoms with Crippen molar-refractivity contribution in [1.29, 1.82) is 0 Å². The number of hydrogen-bond donors (Lipinski definition) is 1. The van der Waals surface area contributed by atoms with Gasteiger partial charge in [0.15, 0.2) is 5.82 Å². The highest BCUT2D eigenvalue weighted by atomic mass is 15.1. The summed E-state index contributed by atoms with van der Waals surface area (Å²) >= 11 is 0. The van der Waals surface area contributed by atoms with Crippen molar-refractivity contribution in [2.24, 2.45) is 10.2 Å². The first-order valence-corrected chi connectivity index (χ1v) is 6.28. The Bertz CT molecular complexity index is 562. The number of aromatic nitrogens is 1. The summed E-state index contributed by atoms with van der Waals surface area (Å²) in [6.07, 6.45) is 1.02. The Labute approximate surface area is 108 Å². The summed E-state index contributed by atoms with van der Waals surface area (Å²) in [5, 5.41) is 8.57. The molecule has 94 valence electrons. The van der Waals surface area contributed by atoms with Crippen LogP contribution in [0.4, 0.5) is 11.5 Å². The second-order valence-electron chi connectivity index (χ2n) is 4.59. The summed E-state index contributed by atoms with van der Waals surface area (Å²) in [6, 6.07) is 8.03. The number of aryl methyl sites for hydroxylation is 2. The lowest BCUT2D eigenvalue weighted by atomic mass is 10.1. The van der Waals surface area contributed by atoms with Crippen LogP contribution in [0.3, 0.4) is 0 Å². The molecule has 2 rings (SSSR count). The van der Waals surface area contributed by atoms with Crippen LogP contribution < -0.4 is 0 Å². The van der Waals surface area contributed by atoms with Gasteiger partial charge in [-0.1, -0.05) is 24.6 Å². The summed E-state index contributed by atoms with van der Waals surface area (Å²) in [6.45, 7) is 8.39. The minimum Gasteiger partial charge on any atom is -0.342 e. The highest BCUT2D eigenvalue weighted by molar-refractivity contribution is 5.48. The van der Waals surface area contributed by atoms with E-state index in [-0.39, 0.29) is 0 Å². The van der Waals surface area contributed by atoms with Crippen molar-refractivity contribution in [3.63, 3.8) is 0 Å². The normalized spacial score (nSPS) is 11.3. The number of rotatable bonds is 3. The van der Waals surface area contributed by atoms with Gasteiger partial charge in [-0.05, 0) is 50.5 Å². The minimum atomic E-state index is 0.866. The Hall–Kier alpha value is -1.90. The molecule has 0 aliphatic carbocycles. The monoisotopic (exact) mass is 241 g/mol. The van der Waals surface area contributed by atoms with E-state index in [0.29, 0.717) is 0 Å². The largest absolute Gasteiger partial charge is 0.342 e. The minimum absolute atomic E-state index is 0.866. The van der Waals surface area contributed by atoms with Gasteiger partial charge in [0.2, 0.25) is 0 Å². The van der Waals surface area contributed by atoms with Crippen molar-refractivity contribution in [3.05, 3.63) is 46.6 Å². The fourth-order valence-electron chi connectivity index (χ4n) is 2.12. The zero-order valence-electron chi connectivity index (χ0n) is 11.4. The molecule has 3 heteroatoms. The Morgan fingerprint density at radius 2 is 1.67 bits per heavy atom. The Morgan fingerprint density at radius 1 is 1.00 bits per heavy atom. The van der Waals surface area contributed by atoms with E-state index in [1.165, 1.54) is 22.4 Å². The van der Waals surface area contributed by atoms with Crippen LogP contribution in [0.15, 0.2) is 34.5 Å². The Balaban J connectivity index is 2.26. The van der Waals surface area contributed by atoms with Crippen molar-refractivity contribution in [2.45, 2.75) is 34.1 Å². The standard InChI is InChI=1S/C15H19N3/c1-5-14-11(3)15(16-12(14)4)18-17-13-8-6-10(2)7-9-13/h6-9,16H,5H2,1-4H3. The van der Waals surface area contributed by atoms with Gasteiger partial charge in [-0.15, -0.1) is 10.2 Å². The summed E-state index contributed by atoms with van der Waals surface area (Å²) in [5.74, 6) is 0.866. The molecule has 3 nitrogen and oxygen atoms in total. The highest BCUT2D eigenvalue weighted by Gasteiger charge is 2.08. The molecule has 1 N–H and O–H groups in total. The first kappa shape index (κ1) is 12.6. The maximum atomic E-state index is 4.30. The zero-order chi connectivity index (χ0) is 13.1. The van der Waals surface area contributed by atoms with Crippen molar-refractivity contribution in [3.8, 4) is 0 Å². The molecule has 0 fully saturated rings. The first-order chi connectivity index (χ1) is 8.61. The summed E-state index contributed by atoms with van der Waals surface area (Å²) < 4.78 is 0. The third kappa shape index (κ3) is 2.50. The molecule has 0 saturated carbocycles. The molecule has 1 aromatic carbocycles. The van der Waals surface area contributed by atoms with Gasteiger partial charge in [0.05, 0.1) is 5.69 Å². The lowest BCUT2D eigenvalue weighted by Gasteiger charge is -1.95. The molecular weight excluding hydrogens is 222 g/mol. The third-order valence-corrected chi connectivity index (χ3v) is 3.22. The number of nitrogens with one attached hydrogen (secondary N) is 1. The molecule has 0 spiro atoms. The maximum absolute atomic E-state index is 4.30. The van der Waals surface area contributed by atoms with E-state index in [1.807, 2.05) is 24.3 Å². The molecule has 0 bridgehead atoms. The van der Waals surface area contributed by atoms with Crippen molar-refractivity contribution < 1.29 is 0 Å². The number of nitrogens with zero attached hydrogens (tertiary/aromatic N) is 2. The fraction of sp³-hybridized carbons (Fsp3) is 0.333. The van der Waals surface area contributed by atoms with Crippen LogP contribution >= 0.6 is 0 Å². The van der Waals surface area contributed by atoms with E-state index in [0.717, 1.165) is 17.9 Å². The van der Waals surface area contributed by atoms with E-state index < -0.39 is 0 Å². The molecule has 0 atom stereocenters. The SMILES string of the molecule is CCc1c(C)[nH]c(N=Nc2ccc(C)cc2)c1C. The lowest BCUT2D eigenvalue weighted by molar-refractivity contribution is 1.08. The smallest absolute Gasteiger partial charge is 0.156 e. The molecule has 18 heavy (non-hydrogen) atoms. The highest BCUT2D eigenvalue weighted by Crippen LogP contribution is 2.26. The molecule has 0 aliphatic heterocycles. The molecule has 1 heterocycles. The van der Waals surface area contributed by atoms with Crippen LogP contribution in [0.5, 0.6) is 0 Å². The van der Waals surface area contributed by atoms with Gasteiger partial charge in [-0.2, -0.15) is 0 Å². The molecule has 0 radical (unpaired) electrons.